The maximum atomic E-state index is 11.9. The van der Waals surface area contributed by atoms with Crippen LogP contribution >= 0.6 is 11.8 Å². The zero-order valence-corrected chi connectivity index (χ0v) is 10.0. The van der Waals surface area contributed by atoms with E-state index >= 15 is 0 Å². The molecule has 84 valence electrons. The van der Waals surface area contributed by atoms with E-state index in [-0.39, 0.29) is 5.91 Å². The SMILES string of the molecule is C=C1SCCN1C(=O)CCc1ccccc1. The first-order valence-corrected chi connectivity index (χ1v) is 6.42. The molecule has 0 aliphatic carbocycles. The molecule has 1 aromatic carbocycles. The molecule has 1 aromatic rings. The molecule has 16 heavy (non-hydrogen) atoms. The normalized spacial score (nSPS) is 15.5. The van der Waals surface area contributed by atoms with Crippen molar-refractivity contribution < 1.29 is 4.79 Å². The van der Waals surface area contributed by atoms with Gasteiger partial charge in [0, 0.05) is 18.7 Å². The van der Waals surface area contributed by atoms with E-state index in [1.807, 2.05) is 18.2 Å². The molecule has 3 heteroatoms. The number of carbonyl (C=O) groups is 1. The van der Waals surface area contributed by atoms with Gasteiger partial charge in [0.15, 0.2) is 0 Å². The lowest BCUT2D eigenvalue weighted by molar-refractivity contribution is -0.128. The number of amides is 1. The second-order valence-corrected chi connectivity index (χ2v) is 4.94. The molecule has 1 saturated heterocycles. The Balaban J connectivity index is 1.86. The molecule has 0 bridgehead atoms. The highest BCUT2D eigenvalue weighted by Gasteiger charge is 2.21. The maximum Gasteiger partial charge on any atom is 0.227 e. The van der Waals surface area contributed by atoms with Crippen LogP contribution in [-0.2, 0) is 11.2 Å². The molecule has 0 radical (unpaired) electrons. The Hall–Kier alpha value is -1.22. The van der Waals surface area contributed by atoms with Gasteiger partial charge in [0.2, 0.25) is 5.91 Å². The first-order chi connectivity index (χ1) is 7.77. The molecule has 2 rings (SSSR count). The lowest BCUT2D eigenvalue weighted by atomic mass is 10.1. The van der Waals surface area contributed by atoms with Gasteiger partial charge in [0.25, 0.3) is 0 Å². The Morgan fingerprint density at radius 3 is 2.75 bits per heavy atom. The predicted molar refractivity (Wildman–Crippen MR) is 68.1 cm³/mol. The number of benzene rings is 1. The summed E-state index contributed by atoms with van der Waals surface area (Å²) in [5, 5.41) is 0.901. The van der Waals surface area contributed by atoms with Crippen LogP contribution in [0.25, 0.3) is 0 Å². The fourth-order valence-corrected chi connectivity index (χ4v) is 2.61. The van der Waals surface area contributed by atoms with Crippen molar-refractivity contribution in [2.45, 2.75) is 12.8 Å². The van der Waals surface area contributed by atoms with Crippen molar-refractivity contribution in [3.8, 4) is 0 Å². The van der Waals surface area contributed by atoms with Gasteiger partial charge in [-0.25, -0.2) is 0 Å². The number of hydrogen-bond acceptors (Lipinski definition) is 2. The van der Waals surface area contributed by atoms with Crippen LogP contribution in [0, 0.1) is 0 Å². The monoisotopic (exact) mass is 233 g/mol. The first-order valence-electron chi connectivity index (χ1n) is 5.43. The van der Waals surface area contributed by atoms with Crippen LogP contribution in [-0.4, -0.2) is 23.1 Å². The van der Waals surface area contributed by atoms with Crippen LogP contribution in [0.4, 0.5) is 0 Å². The fourth-order valence-electron chi connectivity index (χ4n) is 1.75. The molecular formula is C13H15NOS. The minimum absolute atomic E-state index is 0.193. The summed E-state index contributed by atoms with van der Waals surface area (Å²) in [5.74, 6) is 1.18. The van der Waals surface area contributed by atoms with Crippen LogP contribution in [0.5, 0.6) is 0 Å². The molecular weight excluding hydrogens is 218 g/mol. The highest BCUT2D eigenvalue weighted by molar-refractivity contribution is 8.03. The summed E-state index contributed by atoms with van der Waals surface area (Å²) >= 11 is 1.67. The standard InChI is InChI=1S/C13H15NOS/c1-11-14(9-10-16-11)13(15)8-7-12-5-3-2-4-6-12/h2-6H,1,7-10H2. The number of carbonyl (C=O) groups excluding carboxylic acids is 1. The van der Waals surface area contributed by atoms with E-state index < -0.39 is 0 Å². The first kappa shape index (κ1) is 11.3. The highest BCUT2D eigenvalue weighted by Crippen LogP contribution is 2.26. The molecule has 1 fully saturated rings. The average Bonchev–Trinajstić information content (AvgIpc) is 2.74. The van der Waals surface area contributed by atoms with Crippen molar-refractivity contribution in [1.82, 2.24) is 4.90 Å². The molecule has 1 heterocycles. The molecule has 1 amide bonds. The average molecular weight is 233 g/mol. The zero-order chi connectivity index (χ0) is 11.4. The molecule has 0 saturated carbocycles. The van der Waals surface area contributed by atoms with Crippen molar-refractivity contribution in [3.05, 3.63) is 47.5 Å². The summed E-state index contributed by atoms with van der Waals surface area (Å²) in [6, 6.07) is 10.1. The minimum atomic E-state index is 0.193. The van der Waals surface area contributed by atoms with Gasteiger partial charge >= 0.3 is 0 Å². The second-order valence-electron chi connectivity index (χ2n) is 3.77. The summed E-state index contributed by atoms with van der Waals surface area (Å²) in [4.78, 5) is 13.7. The van der Waals surface area contributed by atoms with Crippen molar-refractivity contribution in [2.24, 2.45) is 0 Å². The maximum absolute atomic E-state index is 11.9. The largest absolute Gasteiger partial charge is 0.306 e. The molecule has 0 atom stereocenters. The third kappa shape index (κ3) is 2.67. The van der Waals surface area contributed by atoms with E-state index in [1.54, 1.807) is 16.7 Å². The Morgan fingerprint density at radius 2 is 2.12 bits per heavy atom. The second kappa shape index (κ2) is 5.21. The number of rotatable bonds is 3. The van der Waals surface area contributed by atoms with Crippen LogP contribution in [0.2, 0.25) is 0 Å². The predicted octanol–water partition coefficient (Wildman–Crippen LogP) is 2.67. The van der Waals surface area contributed by atoms with E-state index in [4.69, 9.17) is 0 Å². The summed E-state index contributed by atoms with van der Waals surface area (Å²) in [6.45, 7) is 4.70. The van der Waals surface area contributed by atoms with Gasteiger partial charge in [-0.1, -0.05) is 36.9 Å². The van der Waals surface area contributed by atoms with Crippen LogP contribution in [0.15, 0.2) is 41.9 Å². The van der Waals surface area contributed by atoms with Crippen molar-refractivity contribution in [1.29, 1.82) is 0 Å². The summed E-state index contributed by atoms with van der Waals surface area (Å²) in [5.41, 5.74) is 1.22. The van der Waals surface area contributed by atoms with Gasteiger partial charge in [-0.05, 0) is 12.0 Å². The van der Waals surface area contributed by atoms with Crippen LogP contribution < -0.4 is 0 Å². The topological polar surface area (TPSA) is 20.3 Å². The third-order valence-electron chi connectivity index (χ3n) is 2.66. The van der Waals surface area contributed by atoms with Crippen molar-refractivity contribution in [3.63, 3.8) is 0 Å². The summed E-state index contributed by atoms with van der Waals surface area (Å²) in [7, 11) is 0. The Labute approximate surface area is 100 Å². The minimum Gasteiger partial charge on any atom is -0.306 e. The third-order valence-corrected chi connectivity index (χ3v) is 3.60. The Kier molecular flexibility index (Phi) is 3.67. The van der Waals surface area contributed by atoms with Crippen LogP contribution in [0.1, 0.15) is 12.0 Å². The molecule has 0 unspecified atom stereocenters. The van der Waals surface area contributed by atoms with Gasteiger partial charge in [-0.2, -0.15) is 0 Å². The van der Waals surface area contributed by atoms with E-state index in [9.17, 15) is 4.79 Å². The van der Waals surface area contributed by atoms with Gasteiger partial charge in [0.05, 0.1) is 5.03 Å². The Morgan fingerprint density at radius 1 is 1.38 bits per heavy atom. The van der Waals surface area contributed by atoms with Gasteiger partial charge < -0.3 is 4.90 Å². The quantitative estimate of drug-likeness (QED) is 0.800. The lowest BCUT2D eigenvalue weighted by Crippen LogP contribution is -2.26. The van der Waals surface area contributed by atoms with E-state index in [2.05, 4.69) is 18.7 Å². The van der Waals surface area contributed by atoms with Gasteiger partial charge in [-0.15, -0.1) is 11.8 Å². The lowest BCUT2D eigenvalue weighted by Gasteiger charge is -2.15. The van der Waals surface area contributed by atoms with Crippen molar-refractivity contribution in [2.75, 3.05) is 12.3 Å². The van der Waals surface area contributed by atoms with E-state index in [0.717, 1.165) is 23.7 Å². The number of nitrogens with zero attached hydrogens (tertiary/aromatic N) is 1. The summed E-state index contributed by atoms with van der Waals surface area (Å²) < 4.78 is 0. The van der Waals surface area contributed by atoms with Gasteiger partial charge in [-0.3, -0.25) is 4.79 Å². The molecule has 0 N–H and O–H groups in total. The summed E-state index contributed by atoms with van der Waals surface area (Å²) in [6.07, 6.45) is 1.39. The molecule has 1 aliphatic heterocycles. The molecule has 0 aromatic heterocycles. The van der Waals surface area contributed by atoms with Crippen molar-refractivity contribution >= 4 is 17.7 Å². The molecule has 0 spiro atoms. The van der Waals surface area contributed by atoms with Crippen LogP contribution in [0.3, 0.4) is 0 Å². The smallest absolute Gasteiger partial charge is 0.227 e. The highest BCUT2D eigenvalue weighted by atomic mass is 32.2. The number of thioether (sulfide) groups is 1. The van der Waals surface area contributed by atoms with E-state index in [1.165, 1.54) is 5.56 Å². The Bertz CT molecular complexity index is 388. The van der Waals surface area contributed by atoms with Gasteiger partial charge in [0.1, 0.15) is 0 Å². The fraction of sp³-hybridized carbons (Fsp3) is 0.308. The molecule has 2 nitrogen and oxygen atoms in total. The van der Waals surface area contributed by atoms with E-state index in [0.29, 0.717) is 6.42 Å². The number of aryl methyl sites for hydroxylation is 1. The molecule has 1 aliphatic rings. The number of hydrogen-bond donors (Lipinski definition) is 0. The zero-order valence-electron chi connectivity index (χ0n) is 9.19.